The number of benzene rings is 3. The number of hydrogen-bond acceptors (Lipinski definition) is 4. The number of aromatic nitrogens is 3. The first-order valence-electron chi connectivity index (χ1n) is 9.86. The van der Waals surface area contributed by atoms with E-state index in [2.05, 4.69) is 15.5 Å². The van der Waals surface area contributed by atoms with Crippen molar-refractivity contribution in [2.24, 2.45) is 0 Å². The number of hydrogen-bond donors (Lipinski definition) is 2. The first-order chi connectivity index (χ1) is 14.7. The molecule has 6 heteroatoms. The molecule has 30 heavy (non-hydrogen) atoms. The lowest BCUT2D eigenvalue weighted by atomic mass is 10.1. The molecule has 0 aliphatic carbocycles. The van der Waals surface area contributed by atoms with Crippen molar-refractivity contribution in [1.82, 2.24) is 20.3 Å². The fourth-order valence-electron chi connectivity index (χ4n) is 3.27. The molecule has 0 aliphatic heterocycles. The normalized spacial score (nSPS) is 12.1. The van der Waals surface area contributed by atoms with Crippen LogP contribution in [0, 0.1) is 5.82 Å². The van der Waals surface area contributed by atoms with Crippen molar-refractivity contribution in [3.8, 4) is 11.3 Å². The Morgan fingerprint density at radius 1 is 0.867 bits per heavy atom. The average Bonchev–Trinajstić information content (AvgIpc) is 3.19. The van der Waals surface area contributed by atoms with E-state index in [9.17, 15) is 9.50 Å². The topological polar surface area (TPSA) is 63.0 Å². The number of nitrogens with one attached hydrogen (secondary N) is 1. The summed E-state index contributed by atoms with van der Waals surface area (Å²) in [6.07, 6.45) is -0.597. The van der Waals surface area contributed by atoms with Gasteiger partial charge in [0.05, 0.1) is 12.6 Å². The zero-order valence-corrected chi connectivity index (χ0v) is 16.4. The smallest absolute Gasteiger partial charge is 0.123 e. The number of halogens is 1. The summed E-state index contributed by atoms with van der Waals surface area (Å²) in [6, 6.07) is 25.8. The zero-order chi connectivity index (χ0) is 20.8. The van der Waals surface area contributed by atoms with Gasteiger partial charge < -0.3 is 10.4 Å². The van der Waals surface area contributed by atoms with Gasteiger partial charge in [-0.2, -0.15) is 15.0 Å². The molecule has 0 spiro atoms. The third kappa shape index (κ3) is 4.97. The third-order valence-corrected chi connectivity index (χ3v) is 4.82. The molecule has 3 aromatic carbocycles. The minimum Gasteiger partial charge on any atom is -0.387 e. The number of aliphatic hydroxyl groups excluding tert-OH is 1. The fourth-order valence-corrected chi connectivity index (χ4v) is 3.27. The highest BCUT2D eigenvalue weighted by atomic mass is 19.1. The summed E-state index contributed by atoms with van der Waals surface area (Å²) in [6.45, 7) is 1.33. The molecule has 0 saturated heterocycles. The number of nitrogens with zero attached hydrogens (tertiary/aromatic N) is 3. The van der Waals surface area contributed by atoms with Gasteiger partial charge in [-0.3, -0.25) is 0 Å². The summed E-state index contributed by atoms with van der Waals surface area (Å²) in [4.78, 5) is 1.63. The van der Waals surface area contributed by atoms with E-state index in [0.29, 0.717) is 19.6 Å². The van der Waals surface area contributed by atoms with E-state index in [-0.39, 0.29) is 5.82 Å². The molecule has 0 fully saturated rings. The largest absolute Gasteiger partial charge is 0.387 e. The van der Waals surface area contributed by atoms with E-state index in [1.54, 1.807) is 16.9 Å². The predicted molar refractivity (Wildman–Crippen MR) is 114 cm³/mol. The van der Waals surface area contributed by atoms with Crippen LogP contribution in [-0.4, -0.2) is 26.6 Å². The van der Waals surface area contributed by atoms with Crippen LogP contribution in [0.2, 0.25) is 0 Å². The van der Waals surface area contributed by atoms with Crippen LogP contribution in [0.3, 0.4) is 0 Å². The molecule has 4 rings (SSSR count). The summed E-state index contributed by atoms with van der Waals surface area (Å²) in [7, 11) is 0. The first kappa shape index (κ1) is 19.9. The molecule has 5 nitrogen and oxygen atoms in total. The van der Waals surface area contributed by atoms with Crippen LogP contribution in [0.1, 0.15) is 22.9 Å². The van der Waals surface area contributed by atoms with Gasteiger partial charge in [0.25, 0.3) is 0 Å². The zero-order valence-electron chi connectivity index (χ0n) is 16.4. The molecular formula is C24H23FN4O. The van der Waals surface area contributed by atoms with Gasteiger partial charge >= 0.3 is 0 Å². The predicted octanol–water partition coefficient (Wildman–Crippen LogP) is 3.96. The lowest BCUT2D eigenvalue weighted by Gasteiger charge is -2.11. The van der Waals surface area contributed by atoms with Crippen LogP contribution >= 0.6 is 0 Å². The van der Waals surface area contributed by atoms with Crippen molar-refractivity contribution in [3.05, 3.63) is 108 Å². The lowest BCUT2D eigenvalue weighted by molar-refractivity contribution is 0.174. The van der Waals surface area contributed by atoms with E-state index >= 15 is 0 Å². The second kappa shape index (κ2) is 9.43. The summed E-state index contributed by atoms with van der Waals surface area (Å²) in [5, 5.41) is 23.0. The second-order valence-electron chi connectivity index (χ2n) is 7.08. The van der Waals surface area contributed by atoms with Crippen molar-refractivity contribution in [3.63, 3.8) is 0 Å². The molecule has 0 aliphatic rings. The van der Waals surface area contributed by atoms with E-state index in [1.165, 1.54) is 12.1 Å². The molecule has 0 amide bonds. The van der Waals surface area contributed by atoms with Gasteiger partial charge in [-0.05, 0) is 23.3 Å². The van der Waals surface area contributed by atoms with E-state index in [0.717, 1.165) is 28.1 Å². The average molecular weight is 402 g/mol. The third-order valence-electron chi connectivity index (χ3n) is 4.82. The molecule has 4 aromatic rings. The number of aliphatic hydroxyl groups is 1. The Morgan fingerprint density at radius 2 is 1.53 bits per heavy atom. The Hall–Kier alpha value is -3.35. The fraction of sp³-hybridized carbons (Fsp3) is 0.167. The van der Waals surface area contributed by atoms with Gasteiger partial charge in [-0.25, -0.2) is 4.39 Å². The van der Waals surface area contributed by atoms with Gasteiger partial charge in [-0.15, -0.1) is 0 Å². The summed E-state index contributed by atoms with van der Waals surface area (Å²) in [5.74, 6) is -0.265. The van der Waals surface area contributed by atoms with Crippen LogP contribution < -0.4 is 5.32 Å². The van der Waals surface area contributed by atoms with Gasteiger partial charge in [0.1, 0.15) is 17.2 Å². The monoisotopic (exact) mass is 402 g/mol. The minimum atomic E-state index is -0.597. The van der Waals surface area contributed by atoms with E-state index < -0.39 is 6.10 Å². The van der Waals surface area contributed by atoms with Crippen LogP contribution in [0.5, 0.6) is 0 Å². The van der Waals surface area contributed by atoms with Crippen molar-refractivity contribution in [2.45, 2.75) is 19.2 Å². The minimum absolute atomic E-state index is 0.265. The van der Waals surface area contributed by atoms with Crippen molar-refractivity contribution in [2.75, 3.05) is 6.54 Å². The SMILES string of the molecule is O[C@H](CNCc1nn(Cc2ccc(F)cc2)nc1-c1ccccc1)c1ccccc1. The molecule has 0 radical (unpaired) electrons. The van der Waals surface area contributed by atoms with E-state index in [1.807, 2.05) is 60.7 Å². The van der Waals surface area contributed by atoms with Crippen molar-refractivity contribution < 1.29 is 9.50 Å². The Labute approximate surface area is 174 Å². The maximum Gasteiger partial charge on any atom is 0.123 e. The van der Waals surface area contributed by atoms with Crippen molar-refractivity contribution in [1.29, 1.82) is 0 Å². The highest BCUT2D eigenvalue weighted by Gasteiger charge is 2.14. The molecule has 152 valence electrons. The van der Waals surface area contributed by atoms with Crippen LogP contribution in [-0.2, 0) is 13.1 Å². The Bertz CT molecular complexity index is 1070. The maximum absolute atomic E-state index is 13.2. The standard InChI is InChI=1S/C24H23FN4O/c25-21-13-11-18(12-14-21)17-29-27-22(24(28-29)20-9-5-2-6-10-20)15-26-16-23(30)19-7-3-1-4-8-19/h1-14,23,26,30H,15-17H2/t23-/m1/s1. The summed E-state index contributed by atoms with van der Waals surface area (Å²) < 4.78 is 13.2. The molecule has 0 unspecified atom stereocenters. The highest BCUT2D eigenvalue weighted by Crippen LogP contribution is 2.21. The van der Waals surface area contributed by atoms with Crippen LogP contribution in [0.4, 0.5) is 4.39 Å². The van der Waals surface area contributed by atoms with Gasteiger partial charge in [0.2, 0.25) is 0 Å². The first-order valence-corrected chi connectivity index (χ1v) is 9.86. The van der Waals surface area contributed by atoms with Gasteiger partial charge in [-0.1, -0.05) is 72.8 Å². The summed E-state index contributed by atoms with van der Waals surface area (Å²) >= 11 is 0. The Balaban J connectivity index is 1.50. The molecule has 1 atom stereocenters. The van der Waals surface area contributed by atoms with Crippen LogP contribution in [0.25, 0.3) is 11.3 Å². The van der Waals surface area contributed by atoms with E-state index in [4.69, 9.17) is 0 Å². The van der Waals surface area contributed by atoms with Gasteiger partial charge in [0, 0.05) is 18.7 Å². The molecule has 0 saturated carbocycles. The molecule has 0 bridgehead atoms. The molecule has 1 aromatic heterocycles. The second-order valence-corrected chi connectivity index (χ2v) is 7.08. The van der Waals surface area contributed by atoms with Crippen LogP contribution in [0.15, 0.2) is 84.9 Å². The highest BCUT2D eigenvalue weighted by molar-refractivity contribution is 5.60. The number of rotatable bonds is 8. The van der Waals surface area contributed by atoms with Gasteiger partial charge in [0.15, 0.2) is 0 Å². The maximum atomic E-state index is 13.2. The molecule has 1 heterocycles. The Kier molecular flexibility index (Phi) is 6.27. The van der Waals surface area contributed by atoms with Crippen molar-refractivity contribution >= 4 is 0 Å². The molecular weight excluding hydrogens is 379 g/mol. The molecule has 2 N–H and O–H groups in total. The quantitative estimate of drug-likeness (QED) is 0.468. The lowest BCUT2D eigenvalue weighted by Crippen LogP contribution is -2.21. The Morgan fingerprint density at radius 3 is 2.23 bits per heavy atom. The summed E-state index contributed by atoms with van der Waals surface area (Å²) in [5.41, 5.74) is 4.35.